The number of fused-ring (bicyclic) bond motifs is 1. The van der Waals surface area contributed by atoms with Crippen LogP contribution in [-0.4, -0.2) is 27.8 Å². The lowest BCUT2D eigenvalue weighted by Gasteiger charge is -2.22. The van der Waals surface area contributed by atoms with E-state index in [-0.39, 0.29) is 22.7 Å². The molecule has 0 unspecified atom stereocenters. The predicted molar refractivity (Wildman–Crippen MR) is 117 cm³/mol. The number of esters is 1. The number of carbonyl (C=O) groups is 2. The molecule has 9 heteroatoms. The van der Waals surface area contributed by atoms with Crippen LogP contribution in [0.5, 0.6) is 5.75 Å². The summed E-state index contributed by atoms with van der Waals surface area (Å²) in [6, 6.07) is 9.93. The molecule has 0 fully saturated rings. The number of ether oxygens (including phenoxy) is 1. The number of rotatable bonds is 3. The second kappa shape index (κ2) is 8.00. The number of thioether (sulfide) groups is 1. The summed E-state index contributed by atoms with van der Waals surface area (Å²) in [6.07, 6.45) is 3.33. The number of hydrogen-bond acceptors (Lipinski definition) is 5. The van der Waals surface area contributed by atoms with E-state index < -0.39 is 17.7 Å². The molecule has 0 atom stereocenters. The zero-order valence-corrected chi connectivity index (χ0v) is 17.9. The zero-order chi connectivity index (χ0) is 21.4. The molecule has 2 aliphatic rings. The number of carbonyl (C=O) groups excluding carboxylic acids is 2. The summed E-state index contributed by atoms with van der Waals surface area (Å²) in [5.74, 6) is -1.22. The number of allylic oxidation sites excluding steroid dienone is 1. The Hall–Kier alpha value is -3.04. The number of amides is 1. The number of nitrogens with zero attached hydrogens (tertiary/aromatic N) is 2. The molecular formula is C21H13BrFN3O3S. The van der Waals surface area contributed by atoms with Crippen LogP contribution in [0.4, 0.5) is 4.39 Å². The number of halogens is 2. The van der Waals surface area contributed by atoms with Gasteiger partial charge < -0.3 is 4.74 Å². The van der Waals surface area contributed by atoms with Crippen LogP contribution in [0.25, 0.3) is 6.08 Å². The van der Waals surface area contributed by atoms with E-state index in [2.05, 4.69) is 20.9 Å². The van der Waals surface area contributed by atoms with Gasteiger partial charge in [0, 0.05) is 11.1 Å². The molecule has 1 N–H and O–H groups in total. The molecule has 0 aliphatic carbocycles. The summed E-state index contributed by atoms with van der Waals surface area (Å²) >= 11 is 4.70. The van der Waals surface area contributed by atoms with E-state index in [1.807, 2.05) is 6.92 Å². The van der Waals surface area contributed by atoms with Crippen molar-refractivity contribution < 1.29 is 18.7 Å². The van der Waals surface area contributed by atoms with Crippen LogP contribution in [0.1, 0.15) is 22.8 Å². The van der Waals surface area contributed by atoms with E-state index in [4.69, 9.17) is 10.1 Å². The topological polar surface area (TPSA) is 82.8 Å². The van der Waals surface area contributed by atoms with Crippen molar-refractivity contribution in [2.24, 2.45) is 4.99 Å². The van der Waals surface area contributed by atoms with Crippen molar-refractivity contribution in [3.05, 3.63) is 80.6 Å². The SMILES string of the molecule is CC1=CN2C(=N)/C(=C/c3ccc(OC(=O)c4ccc(F)cc4)c(Br)c3)C(=O)N=C2S1. The second-order valence-corrected chi connectivity index (χ2v) is 8.47. The van der Waals surface area contributed by atoms with E-state index in [0.717, 1.165) is 4.91 Å². The fourth-order valence-corrected chi connectivity index (χ4v) is 4.10. The highest BCUT2D eigenvalue weighted by Crippen LogP contribution is 2.33. The van der Waals surface area contributed by atoms with Gasteiger partial charge in [0.15, 0.2) is 5.17 Å². The van der Waals surface area contributed by atoms with Crippen molar-refractivity contribution in [3.8, 4) is 5.75 Å². The summed E-state index contributed by atoms with van der Waals surface area (Å²) in [6.45, 7) is 1.88. The Labute approximate surface area is 183 Å². The normalized spacial score (nSPS) is 17.0. The van der Waals surface area contributed by atoms with Crippen molar-refractivity contribution in [2.45, 2.75) is 6.92 Å². The fraction of sp³-hybridized carbons (Fsp3) is 0.0476. The molecule has 2 aromatic carbocycles. The Bertz CT molecular complexity index is 1190. The minimum atomic E-state index is -0.624. The molecule has 1 amide bonds. The van der Waals surface area contributed by atoms with E-state index >= 15 is 0 Å². The molecule has 0 saturated heterocycles. The number of hydrogen-bond donors (Lipinski definition) is 1. The van der Waals surface area contributed by atoms with Gasteiger partial charge >= 0.3 is 5.97 Å². The Balaban J connectivity index is 1.56. The third-order valence-corrected chi connectivity index (χ3v) is 5.76. The van der Waals surface area contributed by atoms with Crippen LogP contribution >= 0.6 is 27.7 Å². The Morgan fingerprint density at radius 3 is 2.70 bits per heavy atom. The lowest BCUT2D eigenvalue weighted by Crippen LogP contribution is -2.35. The number of benzene rings is 2. The van der Waals surface area contributed by atoms with Crippen LogP contribution in [0, 0.1) is 11.2 Å². The Kier molecular flexibility index (Phi) is 5.40. The average molecular weight is 486 g/mol. The molecule has 150 valence electrons. The monoisotopic (exact) mass is 485 g/mol. The Morgan fingerprint density at radius 1 is 1.27 bits per heavy atom. The maximum Gasteiger partial charge on any atom is 0.343 e. The highest BCUT2D eigenvalue weighted by atomic mass is 79.9. The molecule has 30 heavy (non-hydrogen) atoms. The standard InChI is InChI=1S/C21H13BrFN3O3S/c1-11-10-26-18(24)15(19(27)25-21(26)30-11)8-12-2-7-17(16(22)9-12)29-20(28)13-3-5-14(23)6-4-13/h2-10,24H,1H3/b15-8-,24-18?. The first-order valence-electron chi connectivity index (χ1n) is 8.68. The summed E-state index contributed by atoms with van der Waals surface area (Å²) < 4.78 is 18.8. The summed E-state index contributed by atoms with van der Waals surface area (Å²) in [5, 5.41) is 8.81. The average Bonchev–Trinajstić information content (AvgIpc) is 3.08. The van der Waals surface area contributed by atoms with E-state index in [1.165, 1.54) is 36.0 Å². The molecule has 2 aliphatic heterocycles. The van der Waals surface area contributed by atoms with Gasteiger partial charge in [0.25, 0.3) is 5.91 Å². The van der Waals surface area contributed by atoms with Crippen molar-refractivity contribution in [2.75, 3.05) is 0 Å². The number of amidine groups is 2. The number of aliphatic imine (C=N–C) groups is 1. The molecule has 0 spiro atoms. The summed E-state index contributed by atoms with van der Waals surface area (Å²) in [5.41, 5.74) is 1.01. The highest BCUT2D eigenvalue weighted by Gasteiger charge is 2.32. The molecular weight excluding hydrogens is 473 g/mol. The van der Waals surface area contributed by atoms with Gasteiger partial charge in [-0.3, -0.25) is 15.1 Å². The largest absolute Gasteiger partial charge is 0.422 e. The molecule has 0 bridgehead atoms. The van der Waals surface area contributed by atoms with Gasteiger partial charge in [-0.15, -0.1) is 0 Å². The van der Waals surface area contributed by atoms with Gasteiger partial charge in [-0.25, -0.2) is 9.18 Å². The van der Waals surface area contributed by atoms with E-state index in [0.29, 0.717) is 15.2 Å². The molecule has 6 nitrogen and oxygen atoms in total. The maximum atomic E-state index is 13.0. The smallest absolute Gasteiger partial charge is 0.343 e. The van der Waals surface area contributed by atoms with Gasteiger partial charge in [-0.2, -0.15) is 4.99 Å². The highest BCUT2D eigenvalue weighted by molar-refractivity contribution is 9.10. The van der Waals surface area contributed by atoms with Crippen LogP contribution < -0.4 is 4.74 Å². The van der Waals surface area contributed by atoms with Crippen LogP contribution in [0.2, 0.25) is 0 Å². The van der Waals surface area contributed by atoms with Crippen molar-refractivity contribution >= 4 is 56.6 Å². The van der Waals surface area contributed by atoms with Crippen molar-refractivity contribution in [3.63, 3.8) is 0 Å². The Morgan fingerprint density at radius 2 is 2.00 bits per heavy atom. The molecule has 2 heterocycles. The first kappa shape index (κ1) is 20.2. The first-order chi connectivity index (χ1) is 14.3. The van der Waals surface area contributed by atoms with Crippen molar-refractivity contribution in [1.29, 1.82) is 5.41 Å². The first-order valence-corrected chi connectivity index (χ1v) is 10.3. The van der Waals surface area contributed by atoms with E-state index in [1.54, 1.807) is 35.4 Å². The van der Waals surface area contributed by atoms with Gasteiger partial charge in [0.2, 0.25) is 0 Å². The lowest BCUT2D eigenvalue weighted by molar-refractivity contribution is -0.114. The maximum absolute atomic E-state index is 13.0. The molecule has 4 rings (SSSR count). The van der Waals surface area contributed by atoms with Gasteiger partial charge in [-0.05, 0) is 70.9 Å². The predicted octanol–water partition coefficient (Wildman–Crippen LogP) is 4.97. The van der Waals surface area contributed by atoms with Gasteiger partial charge in [-0.1, -0.05) is 17.8 Å². The van der Waals surface area contributed by atoms with Crippen LogP contribution in [-0.2, 0) is 4.79 Å². The van der Waals surface area contributed by atoms with Crippen molar-refractivity contribution in [1.82, 2.24) is 4.90 Å². The number of nitrogens with one attached hydrogen (secondary N) is 1. The third-order valence-electron chi connectivity index (χ3n) is 4.24. The molecule has 0 aromatic heterocycles. The summed E-state index contributed by atoms with van der Waals surface area (Å²) in [7, 11) is 0. The van der Waals surface area contributed by atoms with Crippen LogP contribution in [0.15, 0.2) is 68.6 Å². The van der Waals surface area contributed by atoms with Gasteiger partial charge in [0.1, 0.15) is 17.4 Å². The molecule has 0 radical (unpaired) electrons. The minimum Gasteiger partial charge on any atom is -0.422 e. The lowest BCUT2D eigenvalue weighted by atomic mass is 10.1. The van der Waals surface area contributed by atoms with E-state index in [9.17, 15) is 14.0 Å². The van der Waals surface area contributed by atoms with Crippen LogP contribution in [0.3, 0.4) is 0 Å². The quantitative estimate of drug-likeness (QED) is 0.376. The molecule has 2 aromatic rings. The van der Waals surface area contributed by atoms with Gasteiger partial charge in [0.05, 0.1) is 15.6 Å². The summed E-state index contributed by atoms with van der Waals surface area (Å²) in [4.78, 5) is 31.1. The minimum absolute atomic E-state index is 0.0530. The fourth-order valence-electron chi connectivity index (χ4n) is 2.80. The second-order valence-electron chi connectivity index (χ2n) is 6.40. The third kappa shape index (κ3) is 3.99. The zero-order valence-electron chi connectivity index (χ0n) is 15.5. The molecule has 0 saturated carbocycles.